The number of esters is 1. The molecule has 1 aromatic carbocycles. The highest BCUT2D eigenvalue weighted by Crippen LogP contribution is 2.30. The fraction of sp³-hybridized carbons (Fsp3) is 0.375. The van der Waals surface area contributed by atoms with E-state index < -0.39 is 24.6 Å². The molecule has 1 aromatic rings. The van der Waals surface area contributed by atoms with E-state index in [4.69, 9.17) is 16.3 Å². The smallest absolute Gasteiger partial charge is 0.416 e. The third kappa shape index (κ3) is 3.58. The van der Waals surface area contributed by atoms with Gasteiger partial charge in [0.25, 0.3) is 5.91 Å². The van der Waals surface area contributed by atoms with Gasteiger partial charge in [-0.1, -0.05) is 11.6 Å². The van der Waals surface area contributed by atoms with Gasteiger partial charge in [0.05, 0.1) is 22.8 Å². The zero-order valence-electron chi connectivity index (χ0n) is 13.2. The van der Waals surface area contributed by atoms with Gasteiger partial charge in [-0.25, -0.2) is 14.5 Å². The van der Waals surface area contributed by atoms with Crippen LogP contribution in [0.25, 0.3) is 0 Å². The number of carbonyl (C=O) groups excluding carboxylic acids is 4. The monoisotopic (exact) mass is 366 g/mol. The van der Waals surface area contributed by atoms with Crippen molar-refractivity contribution in [3.05, 3.63) is 28.8 Å². The van der Waals surface area contributed by atoms with Gasteiger partial charge in [-0.3, -0.25) is 9.59 Å². The minimum absolute atomic E-state index is 0.0601. The van der Waals surface area contributed by atoms with Crippen molar-refractivity contribution in [3.8, 4) is 0 Å². The standard InChI is InChI=1S/C16H15ClN2O6/c17-11-4-3-10(8-12(11)18-5-1-2-13(18)20)15(22)25-9-14(21)19-6-7-24-16(19)23/h3-4,8H,1-2,5-7,9H2. The second-order valence-electron chi connectivity index (χ2n) is 5.55. The fourth-order valence-corrected chi connectivity index (χ4v) is 2.88. The van der Waals surface area contributed by atoms with E-state index in [-0.39, 0.29) is 24.6 Å². The first kappa shape index (κ1) is 17.2. The van der Waals surface area contributed by atoms with E-state index in [0.717, 1.165) is 11.3 Å². The van der Waals surface area contributed by atoms with E-state index in [0.29, 0.717) is 23.7 Å². The van der Waals surface area contributed by atoms with Crippen LogP contribution in [0.5, 0.6) is 0 Å². The SMILES string of the molecule is O=C(OCC(=O)N1CCOC1=O)c1ccc(Cl)c(N2CCCC2=O)c1. The lowest BCUT2D eigenvalue weighted by atomic mass is 10.2. The molecule has 8 nitrogen and oxygen atoms in total. The highest BCUT2D eigenvalue weighted by Gasteiger charge is 2.29. The van der Waals surface area contributed by atoms with Crippen molar-refractivity contribution < 1.29 is 28.7 Å². The summed E-state index contributed by atoms with van der Waals surface area (Å²) >= 11 is 6.12. The largest absolute Gasteiger partial charge is 0.452 e. The molecule has 0 spiro atoms. The fourth-order valence-electron chi connectivity index (χ4n) is 2.66. The molecular formula is C16H15ClN2O6. The van der Waals surface area contributed by atoms with Crippen molar-refractivity contribution in [1.82, 2.24) is 4.90 Å². The molecule has 2 saturated heterocycles. The molecule has 3 rings (SSSR count). The van der Waals surface area contributed by atoms with Crippen LogP contribution in [0, 0.1) is 0 Å². The Bertz CT molecular complexity index is 750. The van der Waals surface area contributed by atoms with Crippen LogP contribution in [0.3, 0.4) is 0 Å². The van der Waals surface area contributed by atoms with Gasteiger partial charge in [0.2, 0.25) is 5.91 Å². The van der Waals surface area contributed by atoms with E-state index >= 15 is 0 Å². The summed E-state index contributed by atoms with van der Waals surface area (Å²) in [5, 5.41) is 0.350. The van der Waals surface area contributed by atoms with Crippen molar-refractivity contribution in [2.75, 3.05) is 31.2 Å². The number of nitrogens with zero attached hydrogens (tertiary/aromatic N) is 2. The molecule has 2 fully saturated rings. The maximum atomic E-state index is 12.1. The first-order valence-electron chi connectivity index (χ1n) is 7.71. The number of rotatable bonds is 4. The van der Waals surface area contributed by atoms with Gasteiger partial charge in [0, 0.05) is 13.0 Å². The van der Waals surface area contributed by atoms with Crippen molar-refractivity contribution in [2.24, 2.45) is 0 Å². The summed E-state index contributed by atoms with van der Waals surface area (Å²) in [7, 11) is 0. The summed E-state index contributed by atoms with van der Waals surface area (Å²) < 4.78 is 9.60. The molecule has 0 saturated carbocycles. The van der Waals surface area contributed by atoms with Crippen LogP contribution in [0.15, 0.2) is 18.2 Å². The van der Waals surface area contributed by atoms with Gasteiger partial charge in [-0.2, -0.15) is 0 Å². The molecule has 0 aromatic heterocycles. The van der Waals surface area contributed by atoms with Crippen LogP contribution >= 0.6 is 11.6 Å². The summed E-state index contributed by atoms with van der Waals surface area (Å²) in [5.74, 6) is -1.46. The highest BCUT2D eigenvalue weighted by molar-refractivity contribution is 6.34. The lowest BCUT2D eigenvalue weighted by Crippen LogP contribution is -2.35. The van der Waals surface area contributed by atoms with Gasteiger partial charge in [-0.05, 0) is 24.6 Å². The highest BCUT2D eigenvalue weighted by atomic mass is 35.5. The lowest BCUT2D eigenvalue weighted by Gasteiger charge is -2.18. The van der Waals surface area contributed by atoms with Crippen LogP contribution in [-0.2, 0) is 19.1 Å². The van der Waals surface area contributed by atoms with Crippen molar-refractivity contribution in [3.63, 3.8) is 0 Å². The predicted molar refractivity (Wildman–Crippen MR) is 86.4 cm³/mol. The third-order valence-corrected chi connectivity index (χ3v) is 4.25. The second-order valence-corrected chi connectivity index (χ2v) is 5.96. The van der Waals surface area contributed by atoms with E-state index in [1.54, 1.807) is 0 Å². The van der Waals surface area contributed by atoms with Crippen LogP contribution in [0.1, 0.15) is 23.2 Å². The summed E-state index contributed by atoms with van der Waals surface area (Å²) in [4.78, 5) is 49.5. The number of amides is 3. The molecule has 0 radical (unpaired) electrons. The average molecular weight is 367 g/mol. The van der Waals surface area contributed by atoms with E-state index in [2.05, 4.69) is 4.74 Å². The molecule has 132 valence electrons. The van der Waals surface area contributed by atoms with Crippen LogP contribution in [0.2, 0.25) is 5.02 Å². The molecule has 0 N–H and O–H groups in total. The first-order chi connectivity index (χ1) is 12.0. The van der Waals surface area contributed by atoms with Gasteiger partial charge in [-0.15, -0.1) is 0 Å². The average Bonchev–Trinajstić information content (AvgIpc) is 3.21. The zero-order chi connectivity index (χ0) is 18.0. The number of carbonyl (C=O) groups is 4. The molecule has 2 aliphatic rings. The van der Waals surface area contributed by atoms with Crippen LogP contribution < -0.4 is 4.90 Å². The van der Waals surface area contributed by atoms with E-state index in [9.17, 15) is 19.2 Å². The Morgan fingerprint density at radius 2 is 2.04 bits per heavy atom. The summed E-state index contributed by atoms with van der Waals surface area (Å²) in [5.41, 5.74) is 0.601. The van der Waals surface area contributed by atoms with Crippen LogP contribution in [-0.4, -0.2) is 55.1 Å². The number of ether oxygens (including phenoxy) is 2. The number of cyclic esters (lactones) is 1. The zero-order valence-corrected chi connectivity index (χ0v) is 14.0. The maximum Gasteiger partial charge on any atom is 0.416 e. The van der Waals surface area contributed by atoms with E-state index in [1.807, 2.05) is 0 Å². The molecular weight excluding hydrogens is 352 g/mol. The van der Waals surface area contributed by atoms with Gasteiger partial charge in [0.1, 0.15) is 6.61 Å². The van der Waals surface area contributed by atoms with E-state index in [1.165, 1.54) is 23.1 Å². The molecule has 0 bridgehead atoms. The number of imide groups is 1. The molecule has 2 aliphatic heterocycles. The lowest BCUT2D eigenvalue weighted by molar-refractivity contribution is -0.131. The van der Waals surface area contributed by atoms with Crippen molar-refractivity contribution in [2.45, 2.75) is 12.8 Å². The third-order valence-electron chi connectivity index (χ3n) is 3.93. The molecule has 0 atom stereocenters. The quantitative estimate of drug-likeness (QED) is 0.751. The molecule has 25 heavy (non-hydrogen) atoms. The number of halogens is 1. The Balaban J connectivity index is 1.67. The Hall–Kier alpha value is -2.61. The summed E-state index contributed by atoms with van der Waals surface area (Å²) in [6.07, 6.45) is 0.415. The van der Waals surface area contributed by atoms with Crippen LogP contribution in [0.4, 0.5) is 10.5 Å². The topological polar surface area (TPSA) is 93.2 Å². The number of hydrogen-bond donors (Lipinski definition) is 0. The number of hydrogen-bond acceptors (Lipinski definition) is 6. The number of benzene rings is 1. The van der Waals surface area contributed by atoms with Crippen molar-refractivity contribution in [1.29, 1.82) is 0 Å². The van der Waals surface area contributed by atoms with Gasteiger partial charge >= 0.3 is 12.1 Å². The Morgan fingerprint density at radius 3 is 2.68 bits per heavy atom. The van der Waals surface area contributed by atoms with Crippen molar-refractivity contribution >= 4 is 41.2 Å². The summed E-state index contributed by atoms with van der Waals surface area (Å²) in [6.45, 7) is 0.224. The minimum atomic E-state index is -0.748. The summed E-state index contributed by atoms with van der Waals surface area (Å²) in [6, 6.07) is 4.41. The minimum Gasteiger partial charge on any atom is -0.452 e. The normalized spacial score (nSPS) is 17.0. The Morgan fingerprint density at radius 1 is 1.24 bits per heavy atom. The predicted octanol–water partition coefficient (Wildman–Crippen LogP) is 1.60. The maximum absolute atomic E-state index is 12.1. The Labute approximate surface area is 148 Å². The molecule has 0 unspecified atom stereocenters. The molecule has 9 heteroatoms. The number of anilines is 1. The molecule has 3 amide bonds. The van der Waals surface area contributed by atoms with Gasteiger partial charge < -0.3 is 14.4 Å². The Kier molecular flexibility index (Phi) is 4.89. The molecule has 2 heterocycles. The van der Waals surface area contributed by atoms with Gasteiger partial charge in [0.15, 0.2) is 6.61 Å². The second kappa shape index (κ2) is 7.10. The molecule has 0 aliphatic carbocycles. The first-order valence-corrected chi connectivity index (χ1v) is 8.09.